The summed E-state index contributed by atoms with van der Waals surface area (Å²) in [4.78, 5) is 24.2. The van der Waals surface area contributed by atoms with E-state index in [1.165, 1.54) is 22.9 Å². The van der Waals surface area contributed by atoms with Gasteiger partial charge in [-0.1, -0.05) is 13.8 Å². The van der Waals surface area contributed by atoms with Crippen LogP contribution in [0.2, 0.25) is 0 Å². The summed E-state index contributed by atoms with van der Waals surface area (Å²) >= 11 is 0. The van der Waals surface area contributed by atoms with Gasteiger partial charge >= 0.3 is 0 Å². The highest BCUT2D eigenvalue weighted by atomic mass is 19.2. The van der Waals surface area contributed by atoms with Gasteiger partial charge in [0.2, 0.25) is 5.91 Å². The molecule has 7 heteroatoms. The number of aromatic nitrogens is 2. The molecule has 1 fully saturated rings. The summed E-state index contributed by atoms with van der Waals surface area (Å²) in [5, 5.41) is 7.25. The molecule has 5 nitrogen and oxygen atoms in total. The third-order valence-electron chi connectivity index (χ3n) is 4.53. The minimum Gasteiger partial charge on any atom is -0.351 e. The minimum absolute atomic E-state index is 0.00788. The zero-order valence-corrected chi connectivity index (χ0v) is 14.7. The van der Waals surface area contributed by atoms with Crippen LogP contribution in [-0.2, 0) is 11.3 Å². The molecule has 1 heterocycles. The largest absolute Gasteiger partial charge is 0.351 e. The molecule has 138 valence electrons. The van der Waals surface area contributed by atoms with E-state index < -0.39 is 11.6 Å². The van der Waals surface area contributed by atoms with Gasteiger partial charge in [-0.2, -0.15) is 5.10 Å². The molecular weight excluding hydrogens is 340 g/mol. The van der Waals surface area contributed by atoms with E-state index in [0.717, 1.165) is 25.0 Å². The van der Waals surface area contributed by atoms with E-state index in [4.69, 9.17) is 0 Å². The predicted molar refractivity (Wildman–Crippen MR) is 93.3 cm³/mol. The van der Waals surface area contributed by atoms with Crippen molar-refractivity contribution >= 4 is 5.91 Å². The maximum Gasteiger partial charge on any atom is 0.266 e. The molecule has 0 bridgehead atoms. The zero-order chi connectivity index (χ0) is 18.8. The molecule has 1 aromatic carbocycles. The number of hydrogen-bond acceptors (Lipinski definition) is 3. The number of rotatable bonds is 6. The first kappa shape index (κ1) is 18.2. The molecule has 26 heavy (non-hydrogen) atoms. The summed E-state index contributed by atoms with van der Waals surface area (Å²) in [5.74, 6) is -1.72. The molecule has 2 aromatic rings. The quantitative estimate of drug-likeness (QED) is 0.860. The second-order valence-electron chi connectivity index (χ2n) is 7.00. The molecule has 0 spiro atoms. The van der Waals surface area contributed by atoms with E-state index in [1.54, 1.807) is 0 Å². The monoisotopic (exact) mass is 361 g/mol. The van der Waals surface area contributed by atoms with Crippen molar-refractivity contribution in [3.05, 3.63) is 52.3 Å². The van der Waals surface area contributed by atoms with E-state index in [2.05, 4.69) is 10.4 Å². The number of carbonyl (C=O) groups excluding carboxylic acids is 1. The first-order valence-corrected chi connectivity index (χ1v) is 8.69. The molecular formula is C19H21F2N3O2. The second kappa shape index (κ2) is 7.35. The van der Waals surface area contributed by atoms with Crippen LogP contribution >= 0.6 is 0 Å². The Balaban J connectivity index is 1.85. The van der Waals surface area contributed by atoms with Crippen molar-refractivity contribution in [2.75, 3.05) is 0 Å². The Kier molecular flexibility index (Phi) is 5.15. The van der Waals surface area contributed by atoms with Crippen LogP contribution in [0.4, 0.5) is 8.78 Å². The SMILES string of the molecule is CC(C)[C@@H](Cn1nc(-c2ccc(F)c(F)c2)ccc1=O)NC(=O)C1CC1. The van der Waals surface area contributed by atoms with Gasteiger partial charge in [0.05, 0.1) is 18.3 Å². The molecule has 1 amide bonds. The second-order valence-corrected chi connectivity index (χ2v) is 7.00. The molecule has 0 radical (unpaired) electrons. The number of amides is 1. The van der Waals surface area contributed by atoms with Crippen LogP contribution in [0, 0.1) is 23.5 Å². The topological polar surface area (TPSA) is 64.0 Å². The van der Waals surface area contributed by atoms with Crippen molar-refractivity contribution in [3.8, 4) is 11.3 Å². The number of nitrogens with zero attached hydrogens (tertiary/aromatic N) is 2. The van der Waals surface area contributed by atoms with E-state index in [1.807, 2.05) is 13.8 Å². The summed E-state index contributed by atoms with van der Waals surface area (Å²) in [7, 11) is 0. The lowest BCUT2D eigenvalue weighted by Crippen LogP contribution is -2.44. The summed E-state index contributed by atoms with van der Waals surface area (Å²) in [6, 6.07) is 6.04. The standard InChI is InChI=1S/C19H21F2N3O2/c1-11(2)17(22-19(26)12-3-4-12)10-24-18(25)8-7-16(23-24)13-5-6-14(20)15(21)9-13/h5-9,11-12,17H,3-4,10H2,1-2H3,(H,22,26)/t17-/m1/s1. The first-order chi connectivity index (χ1) is 12.3. The van der Waals surface area contributed by atoms with Crippen LogP contribution in [0.3, 0.4) is 0 Å². The van der Waals surface area contributed by atoms with Gasteiger partial charge in [-0.3, -0.25) is 9.59 Å². The molecule has 1 atom stereocenters. The van der Waals surface area contributed by atoms with Crippen molar-refractivity contribution in [2.24, 2.45) is 11.8 Å². The van der Waals surface area contributed by atoms with Crippen molar-refractivity contribution in [2.45, 2.75) is 39.3 Å². The third-order valence-corrected chi connectivity index (χ3v) is 4.53. The lowest BCUT2D eigenvalue weighted by molar-refractivity contribution is -0.123. The number of benzene rings is 1. The summed E-state index contributed by atoms with van der Waals surface area (Å²) in [6.45, 7) is 4.14. The van der Waals surface area contributed by atoms with E-state index in [0.29, 0.717) is 11.3 Å². The fourth-order valence-electron chi connectivity index (χ4n) is 2.64. The zero-order valence-electron chi connectivity index (χ0n) is 14.7. The Morgan fingerprint density at radius 3 is 2.58 bits per heavy atom. The van der Waals surface area contributed by atoms with Gasteiger partial charge in [-0.05, 0) is 43.0 Å². The number of nitrogens with one attached hydrogen (secondary N) is 1. The minimum atomic E-state index is -0.973. The van der Waals surface area contributed by atoms with Crippen molar-refractivity contribution in [3.63, 3.8) is 0 Å². The Morgan fingerprint density at radius 1 is 1.23 bits per heavy atom. The fraction of sp³-hybridized carbons (Fsp3) is 0.421. The maximum absolute atomic E-state index is 13.5. The van der Waals surface area contributed by atoms with Crippen LogP contribution < -0.4 is 10.9 Å². The summed E-state index contributed by atoms with van der Waals surface area (Å²) in [5.41, 5.74) is 0.419. The molecule has 0 unspecified atom stereocenters. The number of hydrogen-bond donors (Lipinski definition) is 1. The average Bonchev–Trinajstić information content (AvgIpc) is 3.43. The van der Waals surface area contributed by atoms with Gasteiger partial charge in [0, 0.05) is 17.5 Å². The van der Waals surface area contributed by atoms with Gasteiger partial charge in [0.1, 0.15) is 0 Å². The molecule has 1 aliphatic carbocycles. The Morgan fingerprint density at radius 2 is 1.96 bits per heavy atom. The summed E-state index contributed by atoms with van der Waals surface area (Å²) < 4.78 is 27.8. The molecule has 1 aliphatic rings. The van der Waals surface area contributed by atoms with Gasteiger partial charge in [-0.25, -0.2) is 13.5 Å². The van der Waals surface area contributed by atoms with Crippen molar-refractivity contribution in [1.82, 2.24) is 15.1 Å². The molecule has 3 rings (SSSR count). The highest BCUT2D eigenvalue weighted by Gasteiger charge is 2.31. The van der Waals surface area contributed by atoms with Crippen LogP contribution in [-0.4, -0.2) is 21.7 Å². The highest BCUT2D eigenvalue weighted by molar-refractivity contribution is 5.81. The molecule has 1 saturated carbocycles. The molecule has 1 N–H and O–H groups in total. The average molecular weight is 361 g/mol. The third kappa shape index (κ3) is 4.15. The van der Waals surface area contributed by atoms with E-state index in [9.17, 15) is 18.4 Å². The lowest BCUT2D eigenvalue weighted by atomic mass is 10.0. The van der Waals surface area contributed by atoms with Gasteiger partial charge in [-0.15, -0.1) is 0 Å². The first-order valence-electron chi connectivity index (χ1n) is 8.69. The number of halogens is 2. The predicted octanol–water partition coefficient (Wildman–Crippen LogP) is 2.74. The maximum atomic E-state index is 13.5. The van der Waals surface area contributed by atoms with E-state index >= 15 is 0 Å². The normalized spacial score (nSPS) is 15.1. The smallest absolute Gasteiger partial charge is 0.266 e. The summed E-state index contributed by atoms with van der Waals surface area (Å²) in [6.07, 6.45) is 1.81. The highest BCUT2D eigenvalue weighted by Crippen LogP contribution is 2.29. The van der Waals surface area contributed by atoms with Gasteiger partial charge in [0.15, 0.2) is 11.6 Å². The van der Waals surface area contributed by atoms with Crippen LogP contribution in [0.25, 0.3) is 11.3 Å². The molecule has 1 aromatic heterocycles. The van der Waals surface area contributed by atoms with Gasteiger partial charge in [0.25, 0.3) is 5.56 Å². The van der Waals surface area contributed by atoms with Crippen LogP contribution in [0.15, 0.2) is 35.1 Å². The Hall–Kier alpha value is -2.57. The molecule has 0 saturated heterocycles. The van der Waals surface area contributed by atoms with Gasteiger partial charge < -0.3 is 5.32 Å². The van der Waals surface area contributed by atoms with E-state index in [-0.39, 0.29) is 35.9 Å². The number of carbonyl (C=O) groups is 1. The molecule has 0 aliphatic heterocycles. The lowest BCUT2D eigenvalue weighted by Gasteiger charge is -2.23. The van der Waals surface area contributed by atoms with Crippen LogP contribution in [0.1, 0.15) is 26.7 Å². The van der Waals surface area contributed by atoms with Crippen LogP contribution in [0.5, 0.6) is 0 Å². The Labute approximate surface area is 150 Å². The van der Waals surface area contributed by atoms with Crippen molar-refractivity contribution in [1.29, 1.82) is 0 Å². The van der Waals surface area contributed by atoms with Crippen molar-refractivity contribution < 1.29 is 13.6 Å². The Bertz CT molecular complexity index is 875. The fourth-order valence-corrected chi connectivity index (χ4v) is 2.64.